The van der Waals surface area contributed by atoms with E-state index in [9.17, 15) is 9.59 Å². The predicted octanol–water partition coefficient (Wildman–Crippen LogP) is 3.03. The summed E-state index contributed by atoms with van der Waals surface area (Å²) >= 11 is 1.46. The van der Waals surface area contributed by atoms with E-state index in [4.69, 9.17) is 4.74 Å². The number of esters is 1. The number of rotatable bonds is 5. The van der Waals surface area contributed by atoms with Crippen LogP contribution in [0.1, 0.15) is 51.1 Å². The zero-order valence-corrected chi connectivity index (χ0v) is 16.2. The van der Waals surface area contributed by atoms with E-state index in [1.165, 1.54) is 24.0 Å². The van der Waals surface area contributed by atoms with Gasteiger partial charge in [0, 0.05) is 4.88 Å². The van der Waals surface area contributed by atoms with Crippen molar-refractivity contribution < 1.29 is 14.3 Å². The molecule has 0 aliphatic heterocycles. The molecule has 0 radical (unpaired) electrons. The highest BCUT2D eigenvalue weighted by atomic mass is 32.1. The lowest BCUT2D eigenvalue weighted by molar-refractivity contribution is 0.0526. The van der Waals surface area contributed by atoms with Crippen molar-refractivity contribution in [3.05, 3.63) is 52.6 Å². The highest BCUT2D eigenvalue weighted by molar-refractivity contribution is 7.17. The molecule has 0 saturated heterocycles. The van der Waals surface area contributed by atoms with E-state index in [1.807, 2.05) is 0 Å². The molecule has 3 aromatic rings. The second kappa shape index (κ2) is 7.89. The molecule has 1 aliphatic carbocycles. The summed E-state index contributed by atoms with van der Waals surface area (Å²) in [7, 11) is 0. The summed E-state index contributed by atoms with van der Waals surface area (Å²) in [6.45, 7) is 2.06. The SMILES string of the molecule is CCOC(=O)c1c(NC(=O)c2cccc(-n3cnnc3)n2)sc2c1CCCC2. The van der Waals surface area contributed by atoms with Gasteiger partial charge in [0.15, 0.2) is 0 Å². The third-order valence-electron chi connectivity index (χ3n) is 4.53. The number of nitrogens with one attached hydrogen (secondary N) is 1. The number of nitrogens with zero attached hydrogens (tertiary/aromatic N) is 4. The quantitative estimate of drug-likeness (QED) is 0.665. The van der Waals surface area contributed by atoms with Crippen LogP contribution in [-0.4, -0.2) is 38.2 Å². The monoisotopic (exact) mass is 397 g/mol. The first-order chi connectivity index (χ1) is 13.7. The molecule has 28 heavy (non-hydrogen) atoms. The van der Waals surface area contributed by atoms with Crippen LogP contribution in [-0.2, 0) is 17.6 Å². The van der Waals surface area contributed by atoms with E-state index in [2.05, 4.69) is 20.5 Å². The molecule has 1 aliphatic rings. The first-order valence-electron chi connectivity index (χ1n) is 9.12. The average Bonchev–Trinajstić information content (AvgIpc) is 3.36. The number of amides is 1. The molecule has 0 atom stereocenters. The summed E-state index contributed by atoms with van der Waals surface area (Å²) in [5.41, 5.74) is 1.74. The summed E-state index contributed by atoms with van der Waals surface area (Å²) in [5, 5.41) is 10.9. The van der Waals surface area contributed by atoms with Gasteiger partial charge in [-0.3, -0.25) is 9.36 Å². The Hall–Kier alpha value is -3.07. The topological polar surface area (TPSA) is 99.0 Å². The normalized spacial score (nSPS) is 13.0. The van der Waals surface area contributed by atoms with Crippen molar-refractivity contribution in [3.8, 4) is 5.82 Å². The maximum atomic E-state index is 12.8. The average molecular weight is 397 g/mol. The zero-order valence-electron chi connectivity index (χ0n) is 15.3. The fourth-order valence-electron chi connectivity index (χ4n) is 3.25. The smallest absolute Gasteiger partial charge is 0.341 e. The molecule has 0 spiro atoms. The summed E-state index contributed by atoms with van der Waals surface area (Å²) in [6.07, 6.45) is 6.89. The molecule has 1 N–H and O–H groups in total. The zero-order chi connectivity index (χ0) is 19.5. The van der Waals surface area contributed by atoms with Gasteiger partial charge in [0.25, 0.3) is 5.91 Å². The number of anilines is 1. The standard InChI is InChI=1S/C19H19N5O3S/c1-2-27-19(26)16-12-6-3-4-8-14(12)28-18(16)23-17(25)13-7-5-9-15(22-13)24-10-20-21-11-24/h5,7,9-11H,2-4,6,8H2,1H3,(H,23,25). The third-order valence-corrected chi connectivity index (χ3v) is 5.74. The third kappa shape index (κ3) is 3.53. The summed E-state index contributed by atoms with van der Waals surface area (Å²) in [6, 6.07) is 5.12. The van der Waals surface area contributed by atoms with Crippen LogP contribution in [0.15, 0.2) is 30.9 Å². The van der Waals surface area contributed by atoms with Crippen molar-refractivity contribution in [2.75, 3.05) is 11.9 Å². The largest absolute Gasteiger partial charge is 0.462 e. The number of hydrogen-bond donors (Lipinski definition) is 1. The van der Waals surface area contributed by atoms with Crippen molar-refractivity contribution in [1.29, 1.82) is 0 Å². The predicted molar refractivity (Wildman–Crippen MR) is 104 cm³/mol. The second-order valence-corrected chi connectivity index (χ2v) is 7.44. The van der Waals surface area contributed by atoms with Crippen LogP contribution in [0.25, 0.3) is 5.82 Å². The minimum Gasteiger partial charge on any atom is -0.462 e. The lowest BCUT2D eigenvalue weighted by Crippen LogP contribution is -2.17. The highest BCUT2D eigenvalue weighted by Crippen LogP contribution is 2.38. The van der Waals surface area contributed by atoms with Gasteiger partial charge in [-0.1, -0.05) is 6.07 Å². The van der Waals surface area contributed by atoms with Crippen LogP contribution in [0.5, 0.6) is 0 Å². The van der Waals surface area contributed by atoms with Crippen LogP contribution in [0.2, 0.25) is 0 Å². The highest BCUT2D eigenvalue weighted by Gasteiger charge is 2.27. The van der Waals surface area contributed by atoms with Crippen LogP contribution >= 0.6 is 11.3 Å². The number of carbonyl (C=O) groups is 2. The molecule has 1 amide bonds. The summed E-state index contributed by atoms with van der Waals surface area (Å²) in [5.74, 6) is -0.226. The van der Waals surface area contributed by atoms with Gasteiger partial charge in [0.2, 0.25) is 0 Å². The first kappa shape index (κ1) is 18.3. The number of carbonyl (C=O) groups excluding carboxylic acids is 2. The molecule has 0 fully saturated rings. The molecule has 0 bridgehead atoms. The molecule has 4 rings (SSSR count). The Labute approximate surface area is 165 Å². The van der Waals surface area contributed by atoms with E-state index < -0.39 is 0 Å². The van der Waals surface area contributed by atoms with E-state index in [0.29, 0.717) is 23.0 Å². The van der Waals surface area contributed by atoms with Crippen molar-refractivity contribution >= 4 is 28.2 Å². The van der Waals surface area contributed by atoms with E-state index in [-0.39, 0.29) is 17.6 Å². The Kier molecular flexibility index (Phi) is 5.16. The van der Waals surface area contributed by atoms with E-state index >= 15 is 0 Å². The van der Waals surface area contributed by atoms with Crippen molar-refractivity contribution in [3.63, 3.8) is 0 Å². The molecule has 3 aromatic heterocycles. The number of pyridine rings is 1. The van der Waals surface area contributed by atoms with Gasteiger partial charge in [0.05, 0.1) is 12.2 Å². The molecule has 144 valence electrons. The first-order valence-corrected chi connectivity index (χ1v) is 9.94. The number of ether oxygens (including phenoxy) is 1. The second-order valence-electron chi connectivity index (χ2n) is 6.34. The number of thiophene rings is 1. The van der Waals surface area contributed by atoms with Crippen LogP contribution < -0.4 is 5.32 Å². The molecule has 9 heteroatoms. The van der Waals surface area contributed by atoms with Crippen LogP contribution in [0, 0.1) is 0 Å². The van der Waals surface area contributed by atoms with E-state index in [1.54, 1.807) is 29.7 Å². The van der Waals surface area contributed by atoms with Gasteiger partial charge in [0.1, 0.15) is 29.2 Å². The molecule has 0 unspecified atom stereocenters. The lowest BCUT2D eigenvalue weighted by atomic mass is 9.95. The fourth-order valence-corrected chi connectivity index (χ4v) is 4.53. The van der Waals surface area contributed by atoms with Gasteiger partial charge < -0.3 is 10.1 Å². The molecular formula is C19H19N5O3S. The molecule has 0 aromatic carbocycles. The van der Waals surface area contributed by atoms with Gasteiger partial charge in [-0.2, -0.15) is 0 Å². The maximum absolute atomic E-state index is 12.8. The lowest BCUT2D eigenvalue weighted by Gasteiger charge is -2.12. The van der Waals surface area contributed by atoms with Gasteiger partial charge in [-0.25, -0.2) is 9.78 Å². The van der Waals surface area contributed by atoms with Crippen molar-refractivity contribution in [1.82, 2.24) is 19.7 Å². The van der Waals surface area contributed by atoms with Crippen LogP contribution in [0.4, 0.5) is 5.00 Å². The Morgan fingerprint density at radius 2 is 2.00 bits per heavy atom. The maximum Gasteiger partial charge on any atom is 0.341 e. The summed E-state index contributed by atoms with van der Waals surface area (Å²) < 4.78 is 6.85. The van der Waals surface area contributed by atoms with Gasteiger partial charge in [-0.15, -0.1) is 21.5 Å². The minimum absolute atomic E-state index is 0.243. The van der Waals surface area contributed by atoms with Crippen LogP contribution in [0.3, 0.4) is 0 Å². The fraction of sp³-hybridized carbons (Fsp3) is 0.316. The number of aryl methyl sites for hydroxylation is 1. The molecule has 8 nitrogen and oxygen atoms in total. The van der Waals surface area contributed by atoms with Gasteiger partial charge in [-0.05, 0) is 50.3 Å². The Bertz CT molecular complexity index is 1010. The van der Waals surface area contributed by atoms with Crippen molar-refractivity contribution in [2.45, 2.75) is 32.6 Å². The van der Waals surface area contributed by atoms with Crippen molar-refractivity contribution in [2.24, 2.45) is 0 Å². The molecule has 3 heterocycles. The van der Waals surface area contributed by atoms with Gasteiger partial charge >= 0.3 is 5.97 Å². The Morgan fingerprint density at radius 1 is 1.21 bits per heavy atom. The van der Waals surface area contributed by atoms with E-state index in [0.717, 1.165) is 36.1 Å². The number of hydrogen-bond acceptors (Lipinski definition) is 7. The number of aromatic nitrogens is 4. The number of fused-ring (bicyclic) bond motifs is 1. The minimum atomic E-state index is -0.386. The summed E-state index contributed by atoms with van der Waals surface area (Å²) in [4.78, 5) is 30.9. The molecule has 0 saturated carbocycles. The Balaban J connectivity index is 1.64. The Morgan fingerprint density at radius 3 is 2.79 bits per heavy atom. The molecular weight excluding hydrogens is 378 g/mol.